The summed E-state index contributed by atoms with van der Waals surface area (Å²) in [6.07, 6.45) is 0.444. The lowest BCUT2D eigenvalue weighted by atomic mass is 9.76. The number of nitrogens with one attached hydrogen (secondary N) is 2. The Bertz CT molecular complexity index is 1640. The summed E-state index contributed by atoms with van der Waals surface area (Å²) in [5.41, 5.74) is 3.95. The van der Waals surface area contributed by atoms with Crippen molar-refractivity contribution in [1.29, 1.82) is 5.26 Å². The summed E-state index contributed by atoms with van der Waals surface area (Å²) < 4.78 is 11.5. The van der Waals surface area contributed by atoms with Gasteiger partial charge in [-0.25, -0.2) is 4.79 Å². The fourth-order valence-corrected chi connectivity index (χ4v) is 6.09. The van der Waals surface area contributed by atoms with Crippen LogP contribution in [0.3, 0.4) is 0 Å². The van der Waals surface area contributed by atoms with Crippen molar-refractivity contribution in [2.24, 2.45) is 10.8 Å². The van der Waals surface area contributed by atoms with Gasteiger partial charge in [0, 0.05) is 13.8 Å². The Morgan fingerprint density at radius 3 is 2.19 bits per heavy atom. The molecule has 47 heavy (non-hydrogen) atoms. The number of nitrogens with zero attached hydrogens (tertiary/aromatic N) is 1. The Morgan fingerprint density at radius 2 is 1.64 bits per heavy atom. The van der Waals surface area contributed by atoms with Crippen molar-refractivity contribution in [3.05, 3.63) is 95.1 Å². The number of cyclic esters (lactones) is 1. The molecule has 1 fully saturated rings. The summed E-state index contributed by atoms with van der Waals surface area (Å²) in [6.45, 7) is 14.7. The van der Waals surface area contributed by atoms with Crippen LogP contribution in [0.1, 0.15) is 89.6 Å². The van der Waals surface area contributed by atoms with Crippen LogP contribution < -0.4 is 10.6 Å². The zero-order valence-corrected chi connectivity index (χ0v) is 28.8. The summed E-state index contributed by atoms with van der Waals surface area (Å²) >= 11 is 0. The third kappa shape index (κ3) is 8.47. The van der Waals surface area contributed by atoms with Crippen molar-refractivity contribution in [3.63, 3.8) is 0 Å². The smallest absolute Gasteiger partial charge is 0.339 e. The lowest BCUT2D eigenvalue weighted by Gasteiger charge is -2.37. The Kier molecular flexibility index (Phi) is 10.6. The molecule has 0 bridgehead atoms. The number of aryl methyl sites for hydroxylation is 2. The van der Waals surface area contributed by atoms with Gasteiger partial charge in [0.25, 0.3) is 0 Å². The van der Waals surface area contributed by atoms with Gasteiger partial charge in [0.2, 0.25) is 17.6 Å². The van der Waals surface area contributed by atoms with E-state index in [1.54, 1.807) is 20.8 Å². The van der Waals surface area contributed by atoms with Gasteiger partial charge in [0.05, 0.1) is 23.1 Å². The van der Waals surface area contributed by atoms with E-state index in [0.717, 1.165) is 27.8 Å². The van der Waals surface area contributed by atoms with Gasteiger partial charge < -0.3 is 20.1 Å². The number of rotatable bonds is 11. The first kappa shape index (κ1) is 35.4. The summed E-state index contributed by atoms with van der Waals surface area (Å²) in [5, 5.41) is 15.2. The van der Waals surface area contributed by atoms with E-state index in [4.69, 9.17) is 14.7 Å². The molecule has 3 aromatic rings. The first-order valence-corrected chi connectivity index (χ1v) is 16.2. The van der Waals surface area contributed by atoms with Crippen molar-refractivity contribution in [2.75, 3.05) is 0 Å². The fraction of sp³-hybridized carbons (Fsp3) is 0.436. The first-order chi connectivity index (χ1) is 22.0. The minimum atomic E-state index is -1.31. The first-order valence-electron chi connectivity index (χ1n) is 16.2. The molecule has 0 spiro atoms. The van der Waals surface area contributed by atoms with E-state index < -0.39 is 40.6 Å². The summed E-state index contributed by atoms with van der Waals surface area (Å²) in [5.74, 6) is -2.51. The van der Waals surface area contributed by atoms with Crippen molar-refractivity contribution >= 4 is 17.8 Å². The van der Waals surface area contributed by atoms with Crippen molar-refractivity contribution in [2.45, 2.75) is 98.6 Å². The number of hydrogen-bond donors (Lipinski definition) is 2. The number of esters is 1. The third-order valence-electron chi connectivity index (χ3n) is 8.90. The summed E-state index contributed by atoms with van der Waals surface area (Å²) in [4.78, 5) is 41.1. The average Bonchev–Trinajstić information content (AvgIpc) is 3.31. The molecule has 3 aromatic carbocycles. The molecule has 0 aromatic heterocycles. The van der Waals surface area contributed by atoms with Crippen LogP contribution >= 0.6 is 0 Å². The van der Waals surface area contributed by atoms with Crippen LogP contribution in [-0.4, -0.2) is 35.7 Å². The molecule has 8 heteroatoms. The molecular formula is C39H47N3O5. The normalized spacial score (nSPS) is 18.3. The maximum absolute atomic E-state index is 14.3. The highest BCUT2D eigenvalue weighted by molar-refractivity contribution is 5.94. The molecule has 8 nitrogen and oxygen atoms in total. The topological polar surface area (TPSA) is 118 Å². The number of carbonyl (C=O) groups is 3. The highest BCUT2D eigenvalue weighted by Crippen LogP contribution is 2.40. The van der Waals surface area contributed by atoms with Crippen LogP contribution in [0.15, 0.2) is 72.8 Å². The predicted octanol–water partition coefficient (Wildman–Crippen LogP) is 6.95. The van der Waals surface area contributed by atoms with Gasteiger partial charge >= 0.3 is 5.97 Å². The van der Waals surface area contributed by atoms with E-state index in [0.29, 0.717) is 24.8 Å². The van der Waals surface area contributed by atoms with E-state index in [-0.39, 0.29) is 11.9 Å². The van der Waals surface area contributed by atoms with Gasteiger partial charge in [-0.2, -0.15) is 5.26 Å². The van der Waals surface area contributed by atoms with Crippen molar-refractivity contribution < 1.29 is 23.9 Å². The molecule has 1 saturated heterocycles. The lowest BCUT2D eigenvalue weighted by Crippen LogP contribution is -2.59. The zero-order valence-electron chi connectivity index (χ0n) is 28.8. The van der Waals surface area contributed by atoms with E-state index in [1.165, 1.54) is 0 Å². The molecule has 1 aliphatic heterocycles. The van der Waals surface area contributed by atoms with Crippen molar-refractivity contribution in [1.82, 2.24) is 10.6 Å². The molecule has 1 unspecified atom stereocenters. The van der Waals surface area contributed by atoms with Gasteiger partial charge in [-0.05, 0) is 85.4 Å². The van der Waals surface area contributed by atoms with Crippen LogP contribution in [0.4, 0.5) is 0 Å². The minimum absolute atomic E-state index is 0.266. The van der Waals surface area contributed by atoms with Gasteiger partial charge in [0.1, 0.15) is 6.04 Å². The zero-order chi connectivity index (χ0) is 34.6. The second-order valence-electron chi connectivity index (χ2n) is 14.3. The molecule has 4 rings (SSSR count). The number of ether oxygens (including phenoxy) is 2. The van der Waals surface area contributed by atoms with Crippen LogP contribution in [0.5, 0.6) is 0 Å². The molecule has 1 aliphatic rings. The summed E-state index contributed by atoms with van der Waals surface area (Å²) in [6, 6.07) is 24.4. The molecule has 4 atom stereocenters. The molecule has 2 amide bonds. The Hall–Kier alpha value is -4.48. The SMILES string of the molecule is Cc1cc(CCCC(C)(C(=O)N[C@H](C(=O)N[C@H](C)c2ccccc2)C(C)(C)C)[C@@H]2OC(C)(C)OC2=O)ccc1-c1ccc(C#N)cc1. The highest BCUT2D eigenvalue weighted by Gasteiger charge is 2.55. The molecule has 1 heterocycles. The minimum Gasteiger partial charge on any atom is -0.432 e. The largest absolute Gasteiger partial charge is 0.432 e. The quantitative estimate of drug-likeness (QED) is 0.220. The lowest BCUT2D eigenvalue weighted by molar-refractivity contribution is -0.166. The molecule has 0 aliphatic carbocycles. The Labute approximate surface area is 278 Å². The number of nitriles is 1. The molecular weight excluding hydrogens is 590 g/mol. The number of amides is 2. The molecule has 0 radical (unpaired) electrons. The van der Waals surface area contributed by atoms with Crippen molar-refractivity contribution in [3.8, 4) is 17.2 Å². The highest BCUT2D eigenvalue weighted by atomic mass is 16.8. The van der Waals surface area contributed by atoms with Gasteiger partial charge in [-0.1, -0.05) is 81.4 Å². The number of hydrogen-bond acceptors (Lipinski definition) is 6. The van der Waals surface area contributed by atoms with Gasteiger partial charge in [-0.15, -0.1) is 0 Å². The molecule has 2 N–H and O–H groups in total. The molecule has 248 valence electrons. The summed E-state index contributed by atoms with van der Waals surface area (Å²) in [7, 11) is 0. The second-order valence-corrected chi connectivity index (χ2v) is 14.3. The molecule has 0 saturated carbocycles. The Balaban J connectivity index is 1.53. The monoisotopic (exact) mass is 637 g/mol. The van der Waals surface area contributed by atoms with Gasteiger partial charge in [-0.3, -0.25) is 9.59 Å². The maximum atomic E-state index is 14.3. The van der Waals surface area contributed by atoms with E-state index in [9.17, 15) is 14.4 Å². The third-order valence-corrected chi connectivity index (χ3v) is 8.90. The standard InChI is InChI=1S/C39H47N3O5/c1-25-23-27(18-21-31(25)30-19-16-28(24-40)17-20-30)13-12-22-39(8,33-35(44)47-38(6,7)46-33)36(45)42-32(37(3,4)5)34(43)41-26(2)29-14-10-9-11-15-29/h9-11,14-21,23,26,32-33H,12-13,22H2,1-8H3,(H,41,43)(H,42,45)/t26-,32-,33-,39?/m1/s1. The predicted molar refractivity (Wildman–Crippen MR) is 182 cm³/mol. The fourth-order valence-electron chi connectivity index (χ4n) is 6.09. The van der Waals surface area contributed by atoms with Gasteiger partial charge in [0.15, 0.2) is 6.10 Å². The van der Waals surface area contributed by atoms with Crippen LogP contribution in [0, 0.1) is 29.1 Å². The van der Waals surface area contributed by atoms with Crippen LogP contribution in [0.25, 0.3) is 11.1 Å². The van der Waals surface area contributed by atoms with E-state index in [1.807, 2.05) is 82.3 Å². The van der Waals surface area contributed by atoms with E-state index in [2.05, 4.69) is 41.8 Å². The number of benzene rings is 3. The Morgan fingerprint density at radius 1 is 0.979 bits per heavy atom. The second kappa shape index (κ2) is 14.1. The van der Waals surface area contributed by atoms with Crippen LogP contribution in [-0.2, 0) is 30.3 Å². The average molecular weight is 638 g/mol. The van der Waals surface area contributed by atoms with Crippen LogP contribution in [0.2, 0.25) is 0 Å². The maximum Gasteiger partial charge on any atom is 0.339 e. The number of carbonyl (C=O) groups excluding carboxylic acids is 3. The van der Waals surface area contributed by atoms with E-state index >= 15 is 0 Å².